The molecule has 5 rings (SSSR count). The van der Waals surface area contributed by atoms with E-state index in [1.54, 1.807) is 22.0 Å². The maximum Gasteiger partial charge on any atom is 0.313 e. The highest BCUT2D eigenvalue weighted by molar-refractivity contribution is 6.05. The summed E-state index contributed by atoms with van der Waals surface area (Å²) in [5.74, 6) is -3.43. The van der Waals surface area contributed by atoms with Crippen molar-refractivity contribution in [3.8, 4) is 0 Å². The lowest BCUT2D eigenvalue weighted by Gasteiger charge is -2.37. The fourth-order valence-corrected chi connectivity index (χ4v) is 8.05. The molecular formula is C40H51N3O8. The fourth-order valence-electron chi connectivity index (χ4n) is 8.05. The molecular weight excluding hydrogens is 650 g/mol. The number of aliphatic hydroxyl groups is 1. The van der Waals surface area contributed by atoms with Crippen LogP contribution in [0, 0.1) is 25.7 Å². The van der Waals surface area contributed by atoms with Gasteiger partial charge in [-0.3, -0.25) is 19.2 Å². The number of unbranched alkanes of at least 4 members (excludes halogenated alkanes) is 1. The Bertz CT molecular complexity index is 1600. The molecule has 3 saturated heterocycles. The molecule has 51 heavy (non-hydrogen) atoms. The van der Waals surface area contributed by atoms with Crippen LogP contribution >= 0.6 is 0 Å². The molecule has 3 aliphatic rings. The highest BCUT2D eigenvalue weighted by Gasteiger charge is 2.75. The Labute approximate surface area is 300 Å². The smallest absolute Gasteiger partial charge is 0.313 e. The fraction of sp³-hybridized carbons (Fsp3) is 0.500. The molecule has 0 saturated carbocycles. The van der Waals surface area contributed by atoms with Gasteiger partial charge in [0.15, 0.2) is 0 Å². The molecule has 3 fully saturated rings. The number of ether oxygens (including phenoxy) is 3. The number of anilines is 1. The summed E-state index contributed by atoms with van der Waals surface area (Å²) in [4.78, 5) is 60.0. The van der Waals surface area contributed by atoms with Crippen LogP contribution in [0.4, 0.5) is 5.69 Å². The molecule has 1 spiro atoms. The number of hydrogen-bond donors (Lipinski definition) is 2. The predicted octanol–water partition coefficient (Wildman–Crippen LogP) is 4.35. The summed E-state index contributed by atoms with van der Waals surface area (Å²) in [5.41, 5.74) is 2.00. The third-order valence-corrected chi connectivity index (χ3v) is 10.4. The Hall–Kier alpha value is -4.32. The number of esters is 1. The molecule has 2 N–H and O–H groups in total. The third-order valence-electron chi connectivity index (χ3n) is 10.4. The van der Waals surface area contributed by atoms with Crippen LogP contribution in [0.3, 0.4) is 0 Å². The number of fused-ring (bicyclic) bond motifs is 1. The van der Waals surface area contributed by atoms with Crippen LogP contribution < -0.4 is 10.2 Å². The minimum Gasteiger partial charge on any atom is -0.455 e. The van der Waals surface area contributed by atoms with Crippen LogP contribution in [-0.4, -0.2) is 90.9 Å². The van der Waals surface area contributed by atoms with Gasteiger partial charge in [-0.15, -0.1) is 13.2 Å². The SMILES string of the molecule is C=CCCC(=O)N[C@@H](COC)[C@@H](OC(=O)[C@@H]1[C@H]2C(=O)N(CCCCO)[C@H](C(=O)N(CC=C)c3cc(C)ccc3C)[C@]23CC[C@H]1O3)c1ccccc1. The molecule has 0 unspecified atom stereocenters. The van der Waals surface area contributed by atoms with Crippen molar-refractivity contribution < 1.29 is 38.5 Å². The van der Waals surface area contributed by atoms with Crippen LogP contribution in [0.1, 0.15) is 61.3 Å². The highest BCUT2D eigenvalue weighted by Crippen LogP contribution is 2.59. The van der Waals surface area contributed by atoms with E-state index < -0.39 is 47.7 Å². The molecule has 2 aromatic carbocycles. The summed E-state index contributed by atoms with van der Waals surface area (Å²) >= 11 is 0. The van der Waals surface area contributed by atoms with Crippen molar-refractivity contribution in [3.05, 3.63) is 90.5 Å². The first-order valence-electron chi connectivity index (χ1n) is 17.8. The van der Waals surface area contributed by atoms with Crippen molar-refractivity contribution >= 4 is 29.4 Å². The van der Waals surface area contributed by atoms with Crippen molar-refractivity contribution in [2.24, 2.45) is 11.8 Å². The van der Waals surface area contributed by atoms with E-state index >= 15 is 0 Å². The second kappa shape index (κ2) is 16.8. The van der Waals surface area contributed by atoms with Gasteiger partial charge in [-0.05, 0) is 68.7 Å². The number of hydrogen-bond acceptors (Lipinski definition) is 8. The van der Waals surface area contributed by atoms with Gasteiger partial charge in [0.1, 0.15) is 17.7 Å². The molecule has 3 heterocycles. The largest absolute Gasteiger partial charge is 0.455 e. The molecule has 274 valence electrons. The summed E-state index contributed by atoms with van der Waals surface area (Å²) in [6, 6.07) is 13.3. The maximum atomic E-state index is 14.9. The number of amides is 3. The quantitative estimate of drug-likeness (QED) is 0.133. The average Bonchev–Trinajstić information content (AvgIpc) is 3.77. The summed E-state index contributed by atoms with van der Waals surface area (Å²) in [5, 5.41) is 12.5. The maximum absolute atomic E-state index is 14.9. The second-order valence-corrected chi connectivity index (χ2v) is 13.8. The minimum absolute atomic E-state index is 0.0541. The number of rotatable bonds is 18. The van der Waals surface area contributed by atoms with E-state index in [1.807, 2.05) is 62.4 Å². The van der Waals surface area contributed by atoms with Crippen molar-refractivity contribution in [2.75, 3.05) is 38.3 Å². The summed E-state index contributed by atoms with van der Waals surface area (Å²) in [6.45, 7) is 11.9. The molecule has 3 aliphatic heterocycles. The molecule has 11 nitrogen and oxygen atoms in total. The van der Waals surface area contributed by atoms with Gasteiger partial charge in [0.2, 0.25) is 11.8 Å². The lowest BCUT2D eigenvalue weighted by Crippen LogP contribution is -2.56. The van der Waals surface area contributed by atoms with Crippen molar-refractivity contribution in [2.45, 2.75) is 82.3 Å². The first-order chi connectivity index (χ1) is 24.6. The van der Waals surface area contributed by atoms with Crippen LogP contribution in [0.2, 0.25) is 0 Å². The van der Waals surface area contributed by atoms with E-state index in [-0.39, 0.29) is 50.4 Å². The van der Waals surface area contributed by atoms with E-state index in [4.69, 9.17) is 14.2 Å². The lowest BCUT2D eigenvalue weighted by atomic mass is 9.70. The van der Waals surface area contributed by atoms with Crippen molar-refractivity contribution in [1.82, 2.24) is 10.2 Å². The van der Waals surface area contributed by atoms with E-state index in [9.17, 15) is 24.3 Å². The number of methoxy groups -OCH3 is 1. The number of carbonyl (C=O) groups excluding carboxylic acids is 4. The lowest BCUT2D eigenvalue weighted by molar-refractivity contribution is -0.163. The molecule has 3 amide bonds. The normalized spacial score (nSPS) is 24.5. The van der Waals surface area contributed by atoms with E-state index in [0.29, 0.717) is 37.7 Å². The standard InChI is InChI=1S/C40H51N3O8/c1-6-8-16-32(45)41-29(25-49-5)35(28-14-10-9-11-15-28)50-39(48)33-31-19-20-40(51-31)34(33)37(46)43(22-12-13-23-44)36(40)38(47)42(21-7-2)30-24-26(3)17-18-27(30)4/h6-7,9-11,14-15,17-18,24,29,31,33-36,44H,1-2,8,12-13,16,19-23,25H2,3-5H3,(H,41,45)/t29-,31+,33-,34-,35-,36+,40-/m0/s1. The Morgan fingerprint density at radius 3 is 2.59 bits per heavy atom. The number of benzene rings is 2. The monoisotopic (exact) mass is 701 g/mol. The average molecular weight is 702 g/mol. The van der Waals surface area contributed by atoms with E-state index in [0.717, 1.165) is 16.8 Å². The topological polar surface area (TPSA) is 135 Å². The molecule has 2 bridgehead atoms. The zero-order valence-electron chi connectivity index (χ0n) is 29.9. The summed E-state index contributed by atoms with van der Waals surface area (Å²) in [7, 11) is 1.51. The van der Waals surface area contributed by atoms with Gasteiger partial charge < -0.3 is 34.4 Å². The summed E-state index contributed by atoms with van der Waals surface area (Å²) in [6.07, 6.45) is 4.27. The molecule has 0 aromatic heterocycles. The van der Waals surface area contributed by atoms with Crippen LogP contribution in [0.25, 0.3) is 0 Å². The number of nitrogens with zero attached hydrogens (tertiary/aromatic N) is 2. The van der Waals surface area contributed by atoms with Gasteiger partial charge in [0.25, 0.3) is 5.91 Å². The van der Waals surface area contributed by atoms with Gasteiger partial charge in [-0.2, -0.15) is 0 Å². The molecule has 11 heteroatoms. The van der Waals surface area contributed by atoms with E-state index in [2.05, 4.69) is 18.5 Å². The Balaban J connectivity index is 1.50. The number of allylic oxidation sites excluding steroid dienone is 1. The third kappa shape index (κ3) is 7.66. The zero-order chi connectivity index (χ0) is 36.7. The van der Waals surface area contributed by atoms with Gasteiger partial charge in [0.05, 0.1) is 30.6 Å². The Kier molecular flexibility index (Phi) is 12.5. The van der Waals surface area contributed by atoms with Crippen LogP contribution in [0.15, 0.2) is 73.8 Å². The van der Waals surface area contributed by atoms with Crippen LogP contribution in [-0.2, 0) is 33.4 Å². The van der Waals surface area contributed by atoms with Gasteiger partial charge in [-0.25, -0.2) is 0 Å². The molecule has 7 atom stereocenters. The highest BCUT2D eigenvalue weighted by atomic mass is 16.6. The number of nitrogens with one attached hydrogen (secondary N) is 1. The first kappa shape index (κ1) is 37.9. The molecule has 0 aliphatic carbocycles. The van der Waals surface area contributed by atoms with E-state index in [1.165, 1.54) is 7.11 Å². The predicted molar refractivity (Wildman–Crippen MR) is 193 cm³/mol. The number of carbonyl (C=O) groups is 4. The van der Waals surface area contributed by atoms with Crippen molar-refractivity contribution in [1.29, 1.82) is 0 Å². The second-order valence-electron chi connectivity index (χ2n) is 13.8. The number of aryl methyl sites for hydroxylation is 2. The number of likely N-dealkylation sites (tertiary alicyclic amines) is 1. The first-order valence-corrected chi connectivity index (χ1v) is 17.8. The molecule has 2 aromatic rings. The van der Waals surface area contributed by atoms with Crippen molar-refractivity contribution in [3.63, 3.8) is 0 Å². The van der Waals surface area contributed by atoms with Gasteiger partial charge in [-0.1, -0.05) is 54.6 Å². The van der Waals surface area contributed by atoms with Gasteiger partial charge >= 0.3 is 5.97 Å². The Morgan fingerprint density at radius 1 is 1.14 bits per heavy atom. The number of aliphatic hydroxyl groups excluding tert-OH is 1. The minimum atomic E-state index is -1.24. The zero-order valence-corrected chi connectivity index (χ0v) is 29.9. The molecule has 0 radical (unpaired) electrons. The van der Waals surface area contributed by atoms with Gasteiger partial charge in [0, 0.05) is 38.9 Å². The Morgan fingerprint density at radius 2 is 1.90 bits per heavy atom. The summed E-state index contributed by atoms with van der Waals surface area (Å²) < 4.78 is 18.5. The van der Waals surface area contributed by atoms with Crippen LogP contribution in [0.5, 0.6) is 0 Å².